The molecule has 3 aromatic heterocycles. The number of aryl methyl sites for hydroxylation is 1. The van der Waals surface area contributed by atoms with Gasteiger partial charge in [-0.1, -0.05) is 13.0 Å². The van der Waals surface area contributed by atoms with Crippen LogP contribution < -0.4 is 14.2 Å². The van der Waals surface area contributed by atoms with E-state index in [2.05, 4.69) is 29.9 Å². The van der Waals surface area contributed by atoms with Crippen LogP contribution in [-0.4, -0.2) is 71.3 Å². The van der Waals surface area contributed by atoms with Crippen molar-refractivity contribution in [2.24, 2.45) is 0 Å². The normalized spacial score (nSPS) is 13.2. The Bertz CT molecular complexity index is 1500. The number of anilines is 1. The first-order valence-electron chi connectivity index (χ1n) is 11.8. The zero-order valence-corrected chi connectivity index (χ0v) is 23.6. The van der Waals surface area contributed by atoms with Gasteiger partial charge in [0.05, 0.1) is 31.9 Å². The van der Waals surface area contributed by atoms with Crippen molar-refractivity contribution in [3.63, 3.8) is 0 Å². The van der Waals surface area contributed by atoms with Crippen LogP contribution in [0.2, 0.25) is 0 Å². The van der Waals surface area contributed by atoms with E-state index in [4.69, 9.17) is 14.2 Å². The molecule has 0 aliphatic heterocycles. The fourth-order valence-corrected chi connectivity index (χ4v) is 6.42. The van der Waals surface area contributed by atoms with E-state index in [-0.39, 0.29) is 30.6 Å². The van der Waals surface area contributed by atoms with Crippen molar-refractivity contribution in [3.8, 4) is 28.0 Å². The van der Waals surface area contributed by atoms with E-state index in [1.165, 1.54) is 37.2 Å². The number of ether oxygens (including phenoxy) is 3. The number of hydrogen-bond donors (Lipinski definition) is 1. The second kappa shape index (κ2) is 12.0. The zero-order chi connectivity index (χ0) is 28.2. The lowest BCUT2D eigenvalue weighted by Gasteiger charge is -2.24. The highest BCUT2D eigenvalue weighted by atomic mass is 32.2. The van der Waals surface area contributed by atoms with Gasteiger partial charge in [0.1, 0.15) is 23.0 Å². The minimum Gasteiger partial charge on any atom is -0.494 e. The lowest BCUT2D eigenvalue weighted by atomic mass is 10.0. The van der Waals surface area contributed by atoms with Gasteiger partial charge in [-0.25, -0.2) is 27.8 Å². The van der Waals surface area contributed by atoms with Gasteiger partial charge in [0.2, 0.25) is 16.0 Å². The van der Waals surface area contributed by atoms with Gasteiger partial charge >= 0.3 is 0 Å². The number of para-hydroxylation sites is 1. The molecule has 3 heterocycles. The summed E-state index contributed by atoms with van der Waals surface area (Å²) in [5.74, 6) is -0.177. The van der Waals surface area contributed by atoms with E-state index in [1.807, 2.05) is 12.3 Å². The van der Waals surface area contributed by atoms with E-state index >= 15 is 0 Å². The topological polar surface area (TPSA) is 143 Å². The van der Waals surface area contributed by atoms with Crippen molar-refractivity contribution in [1.82, 2.24) is 29.7 Å². The number of nitrogens with one attached hydrogen (secondary N) is 1. The molecular weight excluding hydrogens is 549 g/mol. The summed E-state index contributed by atoms with van der Waals surface area (Å²) in [5, 5.41) is 9.77. The third kappa shape index (κ3) is 5.99. The van der Waals surface area contributed by atoms with Crippen molar-refractivity contribution < 1.29 is 27.0 Å². The fraction of sp³-hybridized carbons (Fsp3) is 0.375. The minimum absolute atomic E-state index is 0.102. The molecule has 0 radical (unpaired) electrons. The molecule has 0 aliphatic carbocycles. The molecule has 4 aromatic rings. The molecule has 4 rings (SSSR count). The highest BCUT2D eigenvalue weighted by molar-refractivity contribution is 7.93. The monoisotopic (exact) mass is 577 g/mol. The molecule has 0 saturated heterocycles. The Hall–Kier alpha value is -3.69. The second-order valence-electron chi connectivity index (χ2n) is 8.50. The molecule has 0 bridgehead atoms. The van der Waals surface area contributed by atoms with Crippen molar-refractivity contribution in [3.05, 3.63) is 53.3 Å². The number of halogens is 1. The molecule has 0 fully saturated rings. The van der Waals surface area contributed by atoms with Crippen LogP contribution in [0.5, 0.6) is 11.5 Å². The zero-order valence-electron chi connectivity index (χ0n) is 22.0. The molecule has 12 nitrogen and oxygen atoms in total. The smallest absolute Gasteiger partial charge is 0.243 e. The van der Waals surface area contributed by atoms with Gasteiger partial charge in [-0.2, -0.15) is 0 Å². The van der Waals surface area contributed by atoms with Gasteiger partial charge < -0.3 is 14.2 Å². The third-order valence-electron chi connectivity index (χ3n) is 5.94. The maximum absolute atomic E-state index is 13.9. The molecule has 39 heavy (non-hydrogen) atoms. The Morgan fingerprint density at radius 1 is 1.10 bits per heavy atom. The molecule has 15 heteroatoms. The Morgan fingerprint density at radius 3 is 2.33 bits per heavy atom. The van der Waals surface area contributed by atoms with E-state index in [9.17, 15) is 12.8 Å². The number of benzene rings is 1. The molecule has 0 spiro atoms. The number of nitrogens with zero attached hydrogens (tertiary/aromatic N) is 6. The lowest BCUT2D eigenvalue weighted by Crippen LogP contribution is -2.35. The first-order chi connectivity index (χ1) is 18.7. The summed E-state index contributed by atoms with van der Waals surface area (Å²) < 4.78 is 61.6. The standard InChI is InChI=1S/C24H28FN7O5S2/c1-14-13-38-23(28-14)22-29-30-24(32(22)20-17(36-4)7-6-8-18(20)37-5)31-39(33,34)19(9-10-35-3)15(2)21-26-11-16(25)12-27-21/h6-8,11-13,15,19H,9-10H2,1-5H3,(H,30,31)/t15-,19+/m0/s1. The van der Waals surface area contributed by atoms with E-state index in [0.717, 1.165) is 18.1 Å². The summed E-state index contributed by atoms with van der Waals surface area (Å²) >= 11 is 1.33. The molecular formula is C24H28FN7O5S2. The van der Waals surface area contributed by atoms with Crippen LogP contribution >= 0.6 is 11.3 Å². The van der Waals surface area contributed by atoms with Crippen LogP contribution in [-0.2, 0) is 14.8 Å². The Balaban J connectivity index is 1.84. The Labute approximate surface area is 229 Å². The highest BCUT2D eigenvalue weighted by Gasteiger charge is 2.35. The van der Waals surface area contributed by atoms with Crippen LogP contribution in [0.1, 0.15) is 30.8 Å². The number of sulfonamides is 1. The maximum atomic E-state index is 13.9. The van der Waals surface area contributed by atoms with Crippen LogP contribution in [0, 0.1) is 12.7 Å². The summed E-state index contributed by atoms with van der Waals surface area (Å²) in [5.41, 5.74) is 1.16. The first-order valence-corrected chi connectivity index (χ1v) is 14.2. The average Bonchev–Trinajstić information content (AvgIpc) is 3.53. The van der Waals surface area contributed by atoms with Crippen LogP contribution in [0.15, 0.2) is 36.0 Å². The number of methoxy groups -OCH3 is 3. The van der Waals surface area contributed by atoms with Gasteiger partial charge in [-0.3, -0.25) is 9.29 Å². The number of rotatable bonds is 12. The number of hydrogen-bond acceptors (Lipinski definition) is 11. The van der Waals surface area contributed by atoms with Gasteiger partial charge in [-0.15, -0.1) is 21.5 Å². The number of aromatic nitrogens is 6. The van der Waals surface area contributed by atoms with Gasteiger partial charge in [0.15, 0.2) is 16.6 Å². The fourth-order valence-electron chi connectivity index (χ4n) is 4.04. The molecule has 0 unspecified atom stereocenters. The maximum Gasteiger partial charge on any atom is 0.243 e. The molecule has 1 aromatic carbocycles. The van der Waals surface area contributed by atoms with Gasteiger partial charge in [0, 0.05) is 30.7 Å². The molecule has 2 atom stereocenters. The summed E-state index contributed by atoms with van der Waals surface area (Å²) in [6.07, 6.45) is 2.11. The SMILES string of the molecule is COCC[C@H]([C@H](C)c1ncc(F)cn1)S(=O)(=O)Nc1nnc(-c2nc(C)cs2)n1-c1c(OC)cccc1OC. The second-order valence-corrected chi connectivity index (χ2v) is 11.3. The summed E-state index contributed by atoms with van der Waals surface area (Å²) in [6.45, 7) is 3.64. The first kappa shape index (κ1) is 28.3. The molecule has 208 valence electrons. The predicted molar refractivity (Wildman–Crippen MR) is 144 cm³/mol. The van der Waals surface area contributed by atoms with E-state index in [1.54, 1.807) is 25.1 Å². The minimum atomic E-state index is -4.16. The molecule has 0 aliphatic rings. The van der Waals surface area contributed by atoms with Crippen molar-refractivity contribution in [2.75, 3.05) is 32.7 Å². The van der Waals surface area contributed by atoms with Crippen molar-refractivity contribution >= 4 is 27.3 Å². The highest BCUT2D eigenvalue weighted by Crippen LogP contribution is 2.38. The van der Waals surface area contributed by atoms with Crippen LogP contribution in [0.4, 0.5) is 10.3 Å². The van der Waals surface area contributed by atoms with E-state index in [0.29, 0.717) is 22.2 Å². The number of thiazole rings is 1. The Kier molecular flexibility index (Phi) is 8.72. The molecule has 0 amide bonds. The molecule has 1 N–H and O–H groups in total. The summed E-state index contributed by atoms with van der Waals surface area (Å²) in [7, 11) is 0.293. The lowest BCUT2D eigenvalue weighted by molar-refractivity contribution is 0.191. The van der Waals surface area contributed by atoms with Gasteiger partial charge in [-0.05, 0) is 25.5 Å². The van der Waals surface area contributed by atoms with Crippen LogP contribution in [0.25, 0.3) is 16.5 Å². The van der Waals surface area contributed by atoms with Gasteiger partial charge in [0.25, 0.3) is 0 Å². The predicted octanol–water partition coefficient (Wildman–Crippen LogP) is 3.60. The summed E-state index contributed by atoms with van der Waals surface area (Å²) in [6, 6.07) is 5.17. The largest absolute Gasteiger partial charge is 0.494 e. The van der Waals surface area contributed by atoms with E-state index < -0.39 is 27.0 Å². The quantitative estimate of drug-likeness (QED) is 0.265. The summed E-state index contributed by atoms with van der Waals surface area (Å²) in [4.78, 5) is 12.5. The molecule has 0 saturated carbocycles. The Morgan fingerprint density at radius 2 is 1.77 bits per heavy atom. The van der Waals surface area contributed by atoms with Crippen molar-refractivity contribution in [1.29, 1.82) is 0 Å². The van der Waals surface area contributed by atoms with Crippen molar-refractivity contribution in [2.45, 2.75) is 31.4 Å². The third-order valence-corrected chi connectivity index (χ3v) is 8.81. The average molecular weight is 578 g/mol. The van der Waals surface area contributed by atoms with Crippen LogP contribution in [0.3, 0.4) is 0 Å².